The molecule has 0 bridgehead atoms. The van der Waals surface area contributed by atoms with Crippen LogP contribution in [0.2, 0.25) is 0 Å². The Balaban J connectivity index is 1.25. The number of carboxylic acids is 1. The fraction of sp³-hybridized carbons (Fsp3) is 0.588. The summed E-state index contributed by atoms with van der Waals surface area (Å²) in [6.07, 6.45) is 0.749. The largest absolute Gasteiger partial charge is 0.480 e. The molecule has 246 valence electrons. The maximum absolute atomic E-state index is 13.7. The van der Waals surface area contributed by atoms with Crippen molar-refractivity contribution in [2.75, 3.05) is 39.3 Å². The van der Waals surface area contributed by atoms with Gasteiger partial charge in [-0.1, -0.05) is 55.7 Å². The monoisotopic (exact) mass is 635 g/mol. The quantitative estimate of drug-likeness (QED) is 0.319. The van der Waals surface area contributed by atoms with Gasteiger partial charge in [-0.15, -0.1) is 0 Å². The Morgan fingerprint density at radius 2 is 1.60 bits per heavy atom. The van der Waals surface area contributed by atoms with E-state index >= 15 is 0 Å². The van der Waals surface area contributed by atoms with Crippen LogP contribution in [0.15, 0.2) is 48.5 Å². The predicted molar refractivity (Wildman–Crippen MR) is 160 cm³/mol. The molecule has 0 aromatic heterocycles. The Kier molecular flexibility index (Phi) is 10.8. The first-order valence-corrected chi connectivity index (χ1v) is 16.0. The summed E-state index contributed by atoms with van der Waals surface area (Å²) < 4.78 is 67.7. The Bertz CT molecular complexity index is 1300. The van der Waals surface area contributed by atoms with Crippen molar-refractivity contribution in [3.05, 3.63) is 71.3 Å². The summed E-state index contributed by atoms with van der Waals surface area (Å²) in [5.41, 5.74) is 1.28. The fourth-order valence-electron chi connectivity index (χ4n) is 7.79. The van der Waals surface area contributed by atoms with Crippen molar-refractivity contribution in [3.8, 4) is 0 Å². The number of hydrogen-bond acceptors (Lipinski definition) is 4. The highest BCUT2D eigenvalue weighted by atomic mass is 19.4. The molecular weight excluding hydrogens is 593 g/mol. The van der Waals surface area contributed by atoms with Crippen molar-refractivity contribution in [2.45, 2.75) is 75.5 Å². The van der Waals surface area contributed by atoms with Crippen molar-refractivity contribution < 1.29 is 36.6 Å². The van der Waals surface area contributed by atoms with Gasteiger partial charge in [0.2, 0.25) is 5.91 Å². The van der Waals surface area contributed by atoms with E-state index in [1.165, 1.54) is 6.07 Å². The third-order valence-electron chi connectivity index (χ3n) is 9.94. The summed E-state index contributed by atoms with van der Waals surface area (Å²) in [7, 11) is 0. The normalized spacial score (nSPS) is 23.2. The SMILES string of the molecule is O=C(O)[C@@H](C1CCCCC1)N1C[C@H](CN2CCC(N(CC(F)(F)F)C(=O)Cc3ccc(F)c(F)c3)CC2)[C@@H](c2ccccc2)C1. The second-order valence-electron chi connectivity index (χ2n) is 13.0. The molecule has 3 fully saturated rings. The number of piperidine rings is 1. The minimum Gasteiger partial charge on any atom is -0.480 e. The van der Waals surface area contributed by atoms with Crippen LogP contribution in [0.1, 0.15) is 62.0 Å². The number of halogens is 5. The molecule has 45 heavy (non-hydrogen) atoms. The lowest BCUT2D eigenvalue weighted by Crippen LogP contribution is -2.51. The van der Waals surface area contributed by atoms with E-state index < -0.39 is 54.7 Å². The Morgan fingerprint density at radius 1 is 0.911 bits per heavy atom. The molecule has 3 atom stereocenters. The van der Waals surface area contributed by atoms with Gasteiger partial charge in [-0.25, -0.2) is 8.78 Å². The van der Waals surface area contributed by atoms with E-state index in [-0.39, 0.29) is 23.3 Å². The van der Waals surface area contributed by atoms with Crippen molar-refractivity contribution in [1.29, 1.82) is 0 Å². The van der Waals surface area contributed by atoms with Gasteiger partial charge in [-0.05, 0) is 60.8 Å². The number of hydrogen-bond donors (Lipinski definition) is 1. The molecule has 0 radical (unpaired) electrons. The smallest absolute Gasteiger partial charge is 0.406 e. The molecule has 2 heterocycles. The number of amides is 1. The van der Waals surface area contributed by atoms with Gasteiger partial charge in [-0.2, -0.15) is 13.2 Å². The number of benzene rings is 2. The van der Waals surface area contributed by atoms with E-state index in [9.17, 15) is 36.6 Å². The van der Waals surface area contributed by atoms with Gasteiger partial charge in [-0.3, -0.25) is 14.5 Å². The third kappa shape index (κ3) is 8.61. The van der Waals surface area contributed by atoms with Crippen LogP contribution in [0.5, 0.6) is 0 Å². The summed E-state index contributed by atoms with van der Waals surface area (Å²) in [5.74, 6) is -3.36. The first kappa shape index (κ1) is 33.3. The average Bonchev–Trinajstić information content (AvgIpc) is 3.41. The molecule has 2 aromatic carbocycles. The summed E-state index contributed by atoms with van der Waals surface area (Å²) in [4.78, 5) is 30.8. The Hall–Kier alpha value is -3.05. The Morgan fingerprint density at radius 3 is 2.22 bits per heavy atom. The zero-order valence-electron chi connectivity index (χ0n) is 25.4. The van der Waals surface area contributed by atoms with Crippen LogP contribution >= 0.6 is 0 Å². The molecule has 3 aliphatic rings. The lowest BCUT2D eigenvalue weighted by Gasteiger charge is -2.40. The number of likely N-dealkylation sites (tertiary alicyclic amines) is 2. The van der Waals surface area contributed by atoms with Gasteiger partial charge < -0.3 is 14.9 Å². The number of carboxylic acid groups (broad SMARTS) is 1. The van der Waals surface area contributed by atoms with Gasteiger partial charge in [0, 0.05) is 44.7 Å². The van der Waals surface area contributed by atoms with Crippen molar-refractivity contribution >= 4 is 11.9 Å². The molecule has 5 rings (SSSR count). The number of alkyl halides is 3. The molecule has 1 N–H and O–H groups in total. The first-order chi connectivity index (χ1) is 21.5. The van der Waals surface area contributed by atoms with E-state index in [1.54, 1.807) is 0 Å². The molecule has 6 nitrogen and oxygen atoms in total. The standard InChI is InChI=1S/C34H42F5N3O3/c35-29-12-11-23(17-30(29)36)18-31(43)42(22-34(37,38)39)27-13-15-40(16-14-27)19-26-20-41(21-28(26)24-7-3-1-4-8-24)32(33(44)45)25-9-5-2-6-10-25/h1,3-4,7-8,11-12,17,25-28,32H,2,5-6,9-10,13-16,18-22H2,(H,44,45)/t26-,28+,32+/m0/s1. The molecule has 0 unspecified atom stereocenters. The second-order valence-corrected chi connectivity index (χ2v) is 13.0. The van der Waals surface area contributed by atoms with Gasteiger partial charge in [0.25, 0.3) is 0 Å². The molecule has 1 amide bonds. The maximum atomic E-state index is 13.7. The average molecular weight is 636 g/mol. The fourth-order valence-corrected chi connectivity index (χ4v) is 7.79. The van der Waals surface area contributed by atoms with Crippen molar-refractivity contribution in [1.82, 2.24) is 14.7 Å². The van der Waals surface area contributed by atoms with Crippen LogP contribution in [-0.2, 0) is 16.0 Å². The predicted octanol–water partition coefficient (Wildman–Crippen LogP) is 6.11. The summed E-state index contributed by atoms with van der Waals surface area (Å²) in [6, 6.07) is 11.9. The minimum absolute atomic E-state index is 0.120. The highest BCUT2D eigenvalue weighted by Gasteiger charge is 2.44. The van der Waals surface area contributed by atoms with E-state index in [0.29, 0.717) is 45.6 Å². The van der Waals surface area contributed by atoms with Crippen molar-refractivity contribution in [2.24, 2.45) is 11.8 Å². The lowest BCUT2D eigenvalue weighted by molar-refractivity contribution is -0.167. The highest BCUT2D eigenvalue weighted by molar-refractivity contribution is 5.79. The van der Waals surface area contributed by atoms with Gasteiger partial charge >= 0.3 is 12.1 Å². The van der Waals surface area contributed by atoms with Crippen LogP contribution in [0.25, 0.3) is 0 Å². The molecule has 2 saturated heterocycles. The third-order valence-corrected chi connectivity index (χ3v) is 9.94. The van der Waals surface area contributed by atoms with E-state index in [2.05, 4.69) is 21.9 Å². The van der Waals surface area contributed by atoms with Crippen LogP contribution in [0.4, 0.5) is 22.0 Å². The van der Waals surface area contributed by atoms with Crippen molar-refractivity contribution in [3.63, 3.8) is 0 Å². The molecule has 2 aromatic rings. The first-order valence-electron chi connectivity index (χ1n) is 16.0. The molecule has 2 aliphatic heterocycles. The summed E-state index contributed by atoms with van der Waals surface area (Å²) in [6.45, 7) is 1.57. The van der Waals surface area contributed by atoms with Crippen LogP contribution in [-0.4, -0.2) is 89.2 Å². The molecular formula is C34H42F5N3O3. The number of nitrogens with zero attached hydrogens (tertiary/aromatic N) is 3. The van der Waals surface area contributed by atoms with E-state index in [1.807, 2.05) is 18.2 Å². The Labute approximate surface area is 261 Å². The molecule has 11 heteroatoms. The van der Waals surface area contributed by atoms with Crippen LogP contribution < -0.4 is 0 Å². The van der Waals surface area contributed by atoms with E-state index in [4.69, 9.17) is 0 Å². The minimum atomic E-state index is -4.60. The highest BCUT2D eigenvalue weighted by Crippen LogP contribution is 2.39. The number of carbonyl (C=O) groups is 2. The molecule has 0 spiro atoms. The second kappa shape index (κ2) is 14.6. The lowest BCUT2D eigenvalue weighted by atomic mass is 9.83. The number of rotatable bonds is 10. The maximum Gasteiger partial charge on any atom is 0.406 e. The summed E-state index contributed by atoms with van der Waals surface area (Å²) in [5, 5.41) is 10.3. The van der Waals surface area contributed by atoms with Gasteiger partial charge in [0.1, 0.15) is 12.6 Å². The van der Waals surface area contributed by atoms with E-state index in [0.717, 1.165) is 54.7 Å². The zero-order chi connectivity index (χ0) is 32.1. The van der Waals surface area contributed by atoms with Crippen LogP contribution in [0, 0.1) is 23.5 Å². The molecule has 1 saturated carbocycles. The topological polar surface area (TPSA) is 64.1 Å². The zero-order valence-corrected chi connectivity index (χ0v) is 25.4. The number of carbonyl (C=O) groups excluding carboxylic acids is 1. The molecule has 1 aliphatic carbocycles. The van der Waals surface area contributed by atoms with Gasteiger partial charge in [0.15, 0.2) is 11.6 Å². The summed E-state index contributed by atoms with van der Waals surface area (Å²) >= 11 is 0. The van der Waals surface area contributed by atoms with Crippen LogP contribution in [0.3, 0.4) is 0 Å². The van der Waals surface area contributed by atoms with Gasteiger partial charge in [0.05, 0.1) is 6.42 Å². The number of aliphatic carboxylic acids is 1.